The Bertz CT molecular complexity index is 954. The van der Waals surface area contributed by atoms with E-state index in [1.807, 2.05) is 20.8 Å². The molecule has 0 fully saturated rings. The van der Waals surface area contributed by atoms with E-state index in [4.69, 9.17) is 9.47 Å². The minimum atomic E-state index is -0.450. The van der Waals surface area contributed by atoms with E-state index >= 15 is 0 Å². The highest BCUT2D eigenvalue weighted by Gasteiger charge is 2.39. The first kappa shape index (κ1) is 21.5. The summed E-state index contributed by atoms with van der Waals surface area (Å²) in [5, 5.41) is 3.07. The molecule has 0 aliphatic carbocycles. The van der Waals surface area contributed by atoms with Crippen molar-refractivity contribution in [3.8, 4) is 5.75 Å². The standard InChI is InChI=1S/C23H25FN2O4/c1-4-29-19-7-5-6-18(14-19)25-21-20(16-8-10-17(24)11-9-16)22(27)26(23(21)28)12-13-30-15(2)3/h5-11,14-15,25H,4,12-13H2,1-3H3. The molecule has 1 N–H and O–H groups in total. The highest BCUT2D eigenvalue weighted by Crippen LogP contribution is 2.31. The van der Waals surface area contributed by atoms with Crippen molar-refractivity contribution in [3.05, 3.63) is 65.6 Å². The van der Waals surface area contributed by atoms with E-state index in [0.717, 1.165) is 4.90 Å². The molecular formula is C23H25FN2O4. The van der Waals surface area contributed by atoms with Crippen LogP contribution in [0, 0.1) is 5.82 Å². The minimum Gasteiger partial charge on any atom is -0.494 e. The number of carbonyl (C=O) groups is 2. The second kappa shape index (κ2) is 9.54. The van der Waals surface area contributed by atoms with Gasteiger partial charge in [-0.3, -0.25) is 14.5 Å². The lowest BCUT2D eigenvalue weighted by atomic mass is 10.0. The third-order valence-electron chi connectivity index (χ3n) is 4.48. The van der Waals surface area contributed by atoms with Crippen LogP contribution in [0.1, 0.15) is 26.3 Å². The van der Waals surface area contributed by atoms with Gasteiger partial charge in [0.1, 0.15) is 17.3 Å². The number of imide groups is 1. The molecule has 30 heavy (non-hydrogen) atoms. The topological polar surface area (TPSA) is 67.9 Å². The molecule has 0 saturated carbocycles. The SMILES string of the molecule is CCOc1cccc(NC2=C(c3ccc(F)cc3)C(=O)N(CCOC(C)C)C2=O)c1. The Morgan fingerprint density at radius 3 is 2.47 bits per heavy atom. The lowest BCUT2D eigenvalue weighted by molar-refractivity contribution is -0.137. The van der Waals surface area contributed by atoms with Crippen LogP contribution in [0.5, 0.6) is 5.75 Å². The number of nitrogens with zero attached hydrogens (tertiary/aromatic N) is 1. The quantitative estimate of drug-likeness (QED) is 0.634. The third kappa shape index (κ3) is 4.86. The summed E-state index contributed by atoms with van der Waals surface area (Å²) in [4.78, 5) is 27.3. The van der Waals surface area contributed by atoms with Crippen LogP contribution >= 0.6 is 0 Å². The lowest BCUT2D eigenvalue weighted by Gasteiger charge is -2.16. The lowest BCUT2D eigenvalue weighted by Crippen LogP contribution is -2.35. The van der Waals surface area contributed by atoms with E-state index in [-0.39, 0.29) is 30.5 Å². The maximum atomic E-state index is 13.4. The molecule has 2 amide bonds. The van der Waals surface area contributed by atoms with Gasteiger partial charge in [-0.25, -0.2) is 4.39 Å². The number of rotatable bonds is 9. The summed E-state index contributed by atoms with van der Waals surface area (Å²) < 4.78 is 24.4. The van der Waals surface area contributed by atoms with E-state index in [9.17, 15) is 14.0 Å². The van der Waals surface area contributed by atoms with Gasteiger partial charge in [-0.2, -0.15) is 0 Å². The van der Waals surface area contributed by atoms with E-state index in [0.29, 0.717) is 23.6 Å². The fourth-order valence-corrected chi connectivity index (χ4v) is 3.13. The van der Waals surface area contributed by atoms with E-state index < -0.39 is 17.6 Å². The van der Waals surface area contributed by atoms with Crippen LogP contribution in [-0.2, 0) is 14.3 Å². The van der Waals surface area contributed by atoms with Gasteiger partial charge in [-0.05, 0) is 50.6 Å². The largest absolute Gasteiger partial charge is 0.494 e. The zero-order valence-electron chi connectivity index (χ0n) is 17.3. The average molecular weight is 412 g/mol. The summed E-state index contributed by atoms with van der Waals surface area (Å²) in [7, 11) is 0. The van der Waals surface area contributed by atoms with Crippen molar-refractivity contribution < 1.29 is 23.5 Å². The molecule has 0 unspecified atom stereocenters. The Kier molecular flexibility index (Phi) is 6.84. The predicted molar refractivity (Wildman–Crippen MR) is 112 cm³/mol. The van der Waals surface area contributed by atoms with Gasteiger partial charge < -0.3 is 14.8 Å². The smallest absolute Gasteiger partial charge is 0.278 e. The fraction of sp³-hybridized carbons (Fsp3) is 0.304. The van der Waals surface area contributed by atoms with E-state index in [1.165, 1.54) is 24.3 Å². The van der Waals surface area contributed by atoms with Gasteiger partial charge in [0.05, 0.1) is 31.4 Å². The van der Waals surface area contributed by atoms with Crippen LogP contribution < -0.4 is 10.1 Å². The minimum absolute atomic E-state index is 0.0127. The molecule has 1 aliphatic rings. The van der Waals surface area contributed by atoms with Crippen LogP contribution in [0.4, 0.5) is 10.1 Å². The number of halogens is 1. The number of ether oxygens (including phenoxy) is 2. The summed E-state index contributed by atoms with van der Waals surface area (Å²) in [6, 6.07) is 12.6. The molecular weight excluding hydrogens is 387 g/mol. The van der Waals surface area contributed by atoms with E-state index in [1.54, 1.807) is 24.3 Å². The Morgan fingerprint density at radius 2 is 1.80 bits per heavy atom. The summed E-state index contributed by atoms with van der Waals surface area (Å²) in [5.41, 5.74) is 1.42. The molecule has 0 aromatic heterocycles. The molecule has 0 saturated heterocycles. The zero-order valence-corrected chi connectivity index (χ0v) is 17.3. The van der Waals surface area contributed by atoms with Crippen molar-refractivity contribution in [1.82, 2.24) is 4.90 Å². The number of hydrogen-bond donors (Lipinski definition) is 1. The van der Waals surface area contributed by atoms with Crippen molar-refractivity contribution in [2.75, 3.05) is 25.1 Å². The fourth-order valence-electron chi connectivity index (χ4n) is 3.13. The van der Waals surface area contributed by atoms with Gasteiger partial charge in [0, 0.05) is 11.8 Å². The first-order valence-corrected chi connectivity index (χ1v) is 9.88. The summed E-state index contributed by atoms with van der Waals surface area (Å²) in [6.45, 7) is 6.52. The van der Waals surface area contributed by atoms with Gasteiger partial charge in [0.2, 0.25) is 0 Å². The van der Waals surface area contributed by atoms with Crippen LogP contribution in [-0.4, -0.2) is 42.6 Å². The van der Waals surface area contributed by atoms with Crippen molar-refractivity contribution in [2.24, 2.45) is 0 Å². The molecule has 7 heteroatoms. The second-order valence-corrected chi connectivity index (χ2v) is 7.02. The maximum absolute atomic E-state index is 13.4. The van der Waals surface area contributed by atoms with Crippen molar-refractivity contribution in [3.63, 3.8) is 0 Å². The number of amides is 2. The maximum Gasteiger partial charge on any atom is 0.278 e. The molecule has 158 valence electrons. The van der Waals surface area contributed by atoms with Crippen molar-refractivity contribution in [2.45, 2.75) is 26.9 Å². The number of benzene rings is 2. The third-order valence-corrected chi connectivity index (χ3v) is 4.48. The molecule has 1 heterocycles. The molecule has 0 spiro atoms. The molecule has 0 radical (unpaired) electrons. The summed E-state index contributed by atoms with van der Waals surface area (Å²) in [5.74, 6) is -0.668. The molecule has 6 nitrogen and oxygen atoms in total. The normalized spacial score (nSPS) is 14.1. The first-order chi connectivity index (χ1) is 14.4. The van der Waals surface area contributed by atoms with Crippen LogP contribution in [0.15, 0.2) is 54.2 Å². The van der Waals surface area contributed by atoms with Gasteiger partial charge in [-0.1, -0.05) is 18.2 Å². The molecule has 2 aromatic rings. The van der Waals surface area contributed by atoms with Crippen molar-refractivity contribution >= 4 is 23.1 Å². The van der Waals surface area contributed by atoms with Gasteiger partial charge in [-0.15, -0.1) is 0 Å². The number of hydrogen-bond acceptors (Lipinski definition) is 5. The highest BCUT2D eigenvalue weighted by atomic mass is 19.1. The summed E-state index contributed by atoms with van der Waals surface area (Å²) >= 11 is 0. The Morgan fingerprint density at radius 1 is 1.07 bits per heavy atom. The first-order valence-electron chi connectivity index (χ1n) is 9.88. The summed E-state index contributed by atoms with van der Waals surface area (Å²) in [6.07, 6.45) is -0.0127. The van der Waals surface area contributed by atoms with Gasteiger partial charge >= 0.3 is 0 Å². The van der Waals surface area contributed by atoms with Crippen LogP contribution in [0.25, 0.3) is 5.57 Å². The van der Waals surface area contributed by atoms with Crippen LogP contribution in [0.3, 0.4) is 0 Å². The molecule has 0 bridgehead atoms. The number of carbonyl (C=O) groups excluding carboxylic acids is 2. The van der Waals surface area contributed by atoms with E-state index in [2.05, 4.69) is 5.32 Å². The monoisotopic (exact) mass is 412 g/mol. The number of nitrogens with one attached hydrogen (secondary N) is 1. The Labute approximate surface area is 175 Å². The molecule has 2 aromatic carbocycles. The number of anilines is 1. The zero-order chi connectivity index (χ0) is 21.7. The van der Waals surface area contributed by atoms with Gasteiger partial charge in [0.25, 0.3) is 11.8 Å². The molecule has 1 aliphatic heterocycles. The molecule has 0 atom stereocenters. The Balaban J connectivity index is 1.94. The Hall–Kier alpha value is -3.19. The van der Waals surface area contributed by atoms with Gasteiger partial charge in [0.15, 0.2) is 0 Å². The predicted octanol–water partition coefficient (Wildman–Crippen LogP) is 3.84. The average Bonchev–Trinajstić information content (AvgIpc) is 2.93. The second-order valence-electron chi connectivity index (χ2n) is 7.02. The van der Waals surface area contributed by atoms with Crippen molar-refractivity contribution in [1.29, 1.82) is 0 Å². The molecule has 3 rings (SSSR count). The van der Waals surface area contributed by atoms with Crippen LogP contribution in [0.2, 0.25) is 0 Å². The highest BCUT2D eigenvalue weighted by molar-refractivity contribution is 6.36.